The third-order valence-electron chi connectivity index (χ3n) is 3.54. The van der Waals surface area contributed by atoms with Crippen molar-refractivity contribution in [2.75, 3.05) is 13.2 Å². The molecule has 0 atom stereocenters. The van der Waals surface area contributed by atoms with E-state index in [0.29, 0.717) is 24.5 Å². The van der Waals surface area contributed by atoms with Gasteiger partial charge >= 0.3 is 5.97 Å². The Labute approximate surface area is 139 Å². The monoisotopic (exact) mass is 332 g/mol. The van der Waals surface area contributed by atoms with Crippen molar-refractivity contribution in [2.24, 2.45) is 0 Å². The number of carbonyl (C=O) groups is 2. The standard InChI is InChI=1S/C17H20N2O5/c1-11-15(12(2)24-19-11)9-16(20)18-8-7-13-3-5-14(6-4-13)23-10-17(21)22/h3-6H,7-10H2,1-2H3,(H,18,20)(H,21,22). The van der Waals surface area contributed by atoms with Crippen molar-refractivity contribution in [2.45, 2.75) is 26.7 Å². The molecule has 24 heavy (non-hydrogen) atoms. The number of hydrogen-bond donors (Lipinski definition) is 2. The number of amides is 1. The van der Waals surface area contributed by atoms with Crippen molar-refractivity contribution in [1.82, 2.24) is 10.5 Å². The second kappa shape index (κ2) is 8.14. The lowest BCUT2D eigenvalue weighted by atomic mass is 10.1. The second-order valence-electron chi connectivity index (χ2n) is 5.41. The van der Waals surface area contributed by atoms with Crippen LogP contribution in [0.15, 0.2) is 28.8 Å². The number of ether oxygens (including phenoxy) is 1. The Morgan fingerprint density at radius 2 is 1.96 bits per heavy atom. The number of nitrogens with one attached hydrogen (secondary N) is 1. The molecular weight excluding hydrogens is 312 g/mol. The van der Waals surface area contributed by atoms with Gasteiger partial charge < -0.3 is 19.7 Å². The van der Waals surface area contributed by atoms with Gasteiger partial charge in [-0.15, -0.1) is 0 Å². The van der Waals surface area contributed by atoms with Gasteiger partial charge in [0.15, 0.2) is 6.61 Å². The molecule has 0 bridgehead atoms. The molecule has 0 aliphatic carbocycles. The number of nitrogens with zero attached hydrogens (tertiary/aromatic N) is 1. The van der Waals surface area contributed by atoms with Gasteiger partial charge in [0.05, 0.1) is 12.1 Å². The van der Waals surface area contributed by atoms with Gasteiger partial charge in [-0.2, -0.15) is 0 Å². The molecule has 2 N–H and O–H groups in total. The number of aromatic nitrogens is 1. The molecule has 0 aliphatic rings. The molecule has 0 aliphatic heterocycles. The molecule has 0 saturated heterocycles. The highest BCUT2D eigenvalue weighted by molar-refractivity contribution is 5.79. The van der Waals surface area contributed by atoms with E-state index in [4.69, 9.17) is 14.4 Å². The molecule has 0 unspecified atom stereocenters. The number of aryl methyl sites for hydroxylation is 2. The normalized spacial score (nSPS) is 10.4. The number of aliphatic carboxylic acids is 1. The molecule has 1 amide bonds. The van der Waals surface area contributed by atoms with Crippen LogP contribution < -0.4 is 10.1 Å². The molecule has 0 saturated carbocycles. The molecule has 2 rings (SSSR count). The minimum atomic E-state index is -1.01. The molecule has 7 nitrogen and oxygen atoms in total. The minimum Gasteiger partial charge on any atom is -0.482 e. The van der Waals surface area contributed by atoms with Crippen LogP contribution in [-0.2, 0) is 22.4 Å². The first kappa shape index (κ1) is 17.5. The Morgan fingerprint density at radius 1 is 1.25 bits per heavy atom. The fourth-order valence-corrected chi connectivity index (χ4v) is 2.22. The third-order valence-corrected chi connectivity index (χ3v) is 3.54. The van der Waals surface area contributed by atoms with Crippen LogP contribution in [0.5, 0.6) is 5.75 Å². The zero-order chi connectivity index (χ0) is 17.5. The van der Waals surface area contributed by atoms with Crippen LogP contribution in [0.4, 0.5) is 0 Å². The Kier molecular flexibility index (Phi) is 5.95. The molecule has 1 heterocycles. The Balaban J connectivity index is 1.75. The predicted molar refractivity (Wildman–Crippen MR) is 86.0 cm³/mol. The van der Waals surface area contributed by atoms with Crippen molar-refractivity contribution >= 4 is 11.9 Å². The molecule has 7 heteroatoms. The van der Waals surface area contributed by atoms with Crippen molar-refractivity contribution in [3.8, 4) is 5.75 Å². The number of carbonyl (C=O) groups excluding carboxylic acids is 1. The van der Waals surface area contributed by atoms with Crippen LogP contribution in [0.1, 0.15) is 22.6 Å². The van der Waals surface area contributed by atoms with E-state index in [0.717, 1.165) is 16.8 Å². The van der Waals surface area contributed by atoms with Gasteiger partial charge in [0.25, 0.3) is 0 Å². The van der Waals surface area contributed by atoms with E-state index in [2.05, 4.69) is 10.5 Å². The number of carboxylic acids is 1. The largest absolute Gasteiger partial charge is 0.482 e. The highest BCUT2D eigenvalue weighted by Gasteiger charge is 2.12. The highest BCUT2D eigenvalue weighted by Crippen LogP contribution is 2.13. The molecular formula is C17H20N2O5. The van der Waals surface area contributed by atoms with Gasteiger partial charge in [-0.25, -0.2) is 4.79 Å². The summed E-state index contributed by atoms with van der Waals surface area (Å²) in [5.74, 6) is 0.0779. The van der Waals surface area contributed by atoms with E-state index < -0.39 is 5.97 Å². The minimum absolute atomic E-state index is 0.0780. The first-order chi connectivity index (χ1) is 11.5. The zero-order valence-electron chi connectivity index (χ0n) is 13.7. The summed E-state index contributed by atoms with van der Waals surface area (Å²) < 4.78 is 10.1. The van der Waals surface area contributed by atoms with E-state index in [1.807, 2.05) is 19.1 Å². The molecule has 0 radical (unpaired) electrons. The van der Waals surface area contributed by atoms with Gasteiger partial charge in [-0.05, 0) is 38.0 Å². The van der Waals surface area contributed by atoms with Crippen LogP contribution in [0.25, 0.3) is 0 Å². The van der Waals surface area contributed by atoms with E-state index in [9.17, 15) is 9.59 Å². The van der Waals surface area contributed by atoms with Gasteiger partial charge in [-0.3, -0.25) is 4.79 Å². The van der Waals surface area contributed by atoms with Gasteiger partial charge in [0.2, 0.25) is 5.91 Å². The number of carboxylic acid groups (broad SMARTS) is 1. The average molecular weight is 332 g/mol. The molecule has 0 fully saturated rings. The third kappa shape index (κ3) is 5.12. The first-order valence-corrected chi connectivity index (χ1v) is 7.57. The van der Waals surface area contributed by atoms with Crippen LogP contribution in [0, 0.1) is 13.8 Å². The average Bonchev–Trinajstić information content (AvgIpc) is 2.86. The molecule has 128 valence electrons. The SMILES string of the molecule is Cc1noc(C)c1CC(=O)NCCc1ccc(OCC(=O)O)cc1. The van der Waals surface area contributed by atoms with Crippen molar-refractivity contribution < 1.29 is 24.0 Å². The Bertz CT molecular complexity index is 687. The molecule has 2 aromatic rings. The number of benzene rings is 1. The maximum absolute atomic E-state index is 12.0. The quantitative estimate of drug-likeness (QED) is 0.762. The maximum atomic E-state index is 12.0. The van der Waals surface area contributed by atoms with Gasteiger partial charge in [0, 0.05) is 12.1 Å². The van der Waals surface area contributed by atoms with E-state index in [-0.39, 0.29) is 18.9 Å². The lowest BCUT2D eigenvalue weighted by molar-refractivity contribution is -0.139. The highest BCUT2D eigenvalue weighted by atomic mass is 16.5. The summed E-state index contributed by atoms with van der Waals surface area (Å²) in [6.07, 6.45) is 0.926. The van der Waals surface area contributed by atoms with Crippen molar-refractivity contribution in [3.05, 3.63) is 46.8 Å². The number of hydrogen-bond acceptors (Lipinski definition) is 5. The smallest absolute Gasteiger partial charge is 0.341 e. The fourth-order valence-electron chi connectivity index (χ4n) is 2.22. The van der Waals surface area contributed by atoms with E-state index in [1.54, 1.807) is 19.1 Å². The summed E-state index contributed by atoms with van der Waals surface area (Å²) in [6, 6.07) is 7.11. The van der Waals surface area contributed by atoms with E-state index in [1.165, 1.54) is 0 Å². The summed E-state index contributed by atoms with van der Waals surface area (Å²) in [4.78, 5) is 22.4. The van der Waals surface area contributed by atoms with Gasteiger partial charge in [0.1, 0.15) is 11.5 Å². The summed E-state index contributed by atoms with van der Waals surface area (Å²) >= 11 is 0. The second-order valence-corrected chi connectivity index (χ2v) is 5.41. The van der Waals surface area contributed by atoms with Crippen LogP contribution in [0.3, 0.4) is 0 Å². The van der Waals surface area contributed by atoms with Crippen LogP contribution in [-0.4, -0.2) is 35.3 Å². The van der Waals surface area contributed by atoms with Crippen LogP contribution in [0.2, 0.25) is 0 Å². The first-order valence-electron chi connectivity index (χ1n) is 7.57. The summed E-state index contributed by atoms with van der Waals surface area (Å²) in [5, 5.41) is 15.2. The maximum Gasteiger partial charge on any atom is 0.341 e. The topological polar surface area (TPSA) is 102 Å². The molecule has 1 aromatic carbocycles. The number of rotatable bonds is 8. The lowest BCUT2D eigenvalue weighted by Gasteiger charge is -2.07. The lowest BCUT2D eigenvalue weighted by Crippen LogP contribution is -2.27. The summed E-state index contributed by atoms with van der Waals surface area (Å²) in [6.45, 7) is 3.75. The summed E-state index contributed by atoms with van der Waals surface area (Å²) in [7, 11) is 0. The summed E-state index contributed by atoms with van der Waals surface area (Å²) in [5.41, 5.74) is 2.59. The Hall–Kier alpha value is -2.83. The van der Waals surface area contributed by atoms with Crippen molar-refractivity contribution in [3.63, 3.8) is 0 Å². The van der Waals surface area contributed by atoms with Crippen molar-refractivity contribution in [1.29, 1.82) is 0 Å². The van der Waals surface area contributed by atoms with Gasteiger partial charge in [-0.1, -0.05) is 17.3 Å². The zero-order valence-corrected chi connectivity index (χ0v) is 13.7. The predicted octanol–water partition coefficient (Wildman–Crippen LogP) is 1.66. The van der Waals surface area contributed by atoms with E-state index >= 15 is 0 Å². The fraction of sp³-hybridized carbons (Fsp3) is 0.353. The van der Waals surface area contributed by atoms with Crippen LogP contribution >= 0.6 is 0 Å². The molecule has 0 spiro atoms. The Morgan fingerprint density at radius 3 is 2.54 bits per heavy atom. The molecule has 1 aromatic heterocycles.